The molecule has 0 aliphatic rings. The third kappa shape index (κ3) is 2.85. The van der Waals surface area contributed by atoms with Crippen LogP contribution in [-0.2, 0) is 7.05 Å². The molecule has 0 fully saturated rings. The predicted octanol–water partition coefficient (Wildman–Crippen LogP) is 3.15. The number of nitrogens with one attached hydrogen (secondary N) is 1. The number of aromatic nitrogens is 2. The minimum Gasteiger partial charge on any atom is -0.358 e. The molecule has 0 aliphatic carbocycles. The Labute approximate surface area is 115 Å². The summed E-state index contributed by atoms with van der Waals surface area (Å²) in [4.78, 5) is 14.1. The summed E-state index contributed by atoms with van der Waals surface area (Å²) in [7, 11) is 1.71. The van der Waals surface area contributed by atoms with E-state index in [0.717, 1.165) is 5.56 Å². The molecule has 0 bridgehead atoms. The van der Waals surface area contributed by atoms with Crippen molar-refractivity contribution in [1.82, 2.24) is 9.55 Å². The van der Waals surface area contributed by atoms with Crippen LogP contribution < -0.4 is 5.32 Å². The predicted molar refractivity (Wildman–Crippen MR) is 73.4 cm³/mol. The topological polar surface area (TPSA) is 73.0 Å². The third-order valence-corrected chi connectivity index (χ3v) is 3.07. The second kappa shape index (κ2) is 5.27. The Hall–Kier alpha value is -2.08. The number of nitrogens with zero attached hydrogens (tertiary/aromatic N) is 3. The second-order valence-corrected chi connectivity index (χ2v) is 4.64. The van der Waals surface area contributed by atoms with E-state index in [1.54, 1.807) is 23.7 Å². The van der Waals surface area contributed by atoms with Gasteiger partial charge in [-0.15, -0.1) is 0 Å². The van der Waals surface area contributed by atoms with E-state index in [4.69, 9.17) is 11.6 Å². The second-order valence-electron chi connectivity index (χ2n) is 4.20. The molecular formula is C12H13ClN4O2. The van der Waals surface area contributed by atoms with Crippen LogP contribution in [0.1, 0.15) is 18.5 Å². The quantitative estimate of drug-likeness (QED) is 0.690. The molecule has 2 rings (SSSR count). The molecule has 0 radical (unpaired) electrons. The Balaban J connectivity index is 2.23. The van der Waals surface area contributed by atoms with Gasteiger partial charge in [-0.25, -0.2) is 0 Å². The first kappa shape index (κ1) is 13.4. The first-order chi connectivity index (χ1) is 8.99. The molecule has 7 heteroatoms. The zero-order valence-corrected chi connectivity index (χ0v) is 11.3. The Morgan fingerprint density at radius 2 is 2.05 bits per heavy atom. The maximum Gasteiger partial charge on any atom is 0.406 e. The number of benzene rings is 1. The molecule has 0 spiro atoms. The van der Waals surface area contributed by atoms with Crippen molar-refractivity contribution in [1.29, 1.82) is 0 Å². The Morgan fingerprint density at radius 1 is 1.42 bits per heavy atom. The van der Waals surface area contributed by atoms with Crippen molar-refractivity contribution in [3.8, 4) is 0 Å². The fourth-order valence-corrected chi connectivity index (χ4v) is 1.88. The van der Waals surface area contributed by atoms with Gasteiger partial charge in [0.05, 0.1) is 6.04 Å². The summed E-state index contributed by atoms with van der Waals surface area (Å²) in [5.74, 6) is 0.204. The lowest BCUT2D eigenvalue weighted by atomic mass is 10.1. The minimum atomic E-state index is -0.503. The molecule has 0 saturated heterocycles. The number of imidazole rings is 1. The highest BCUT2D eigenvalue weighted by atomic mass is 35.5. The smallest absolute Gasteiger partial charge is 0.358 e. The molecule has 0 aliphatic heterocycles. The van der Waals surface area contributed by atoms with E-state index in [9.17, 15) is 10.1 Å². The Bertz CT molecular complexity index is 594. The Kier molecular flexibility index (Phi) is 3.71. The van der Waals surface area contributed by atoms with Crippen LogP contribution in [0, 0.1) is 10.1 Å². The van der Waals surface area contributed by atoms with Crippen LogP contribution in [0.25, 0.3) is 0 Å². The molecule has 1 atom stereocenters. The molecule has 1 heterocycles. The summed E-state index contributed by atoms with van der Waals surface area (Å²) in [5.41, 5.74) is 0.986. The van der Waals surface area contributed by atoms with Gasteiger partial charge >= 0.3 is 5.82 Å². The lowest BCUT2D eigenvalue weighted by Crippen LogP contribution is -2.10. The monoisotopic (exact) mass is 280 g/mol. The highest BCUT2D eigenvalue weighted by Gasteiger charge is 2.21. The number of halogens is 1. The average Bonchev–Trinajstić information content (AvgIpc) is 2.72. The number of anilines is 1. The highest BCUT2D eigenvalue weighted by Crippen LogP contribution is 2.26. The number of nitro groups is 1. The van der Waals surface area contributed by atoms with Crippen molar-refractivity contribution in [2.24, 2.45) is 7.05 Å². The summed E-state index contributed by atoms with van der Waals surface area (Å²) in [6, 6.07) is 7.23. The number of rotatable bonds is 4. The van der Waals surface area contributed by atoms with Crippen molar-refractivity contribution < 1.29 is 4.92 Å². The largest absolute Gasteiger partial charge is 0.406 e. The summed E-state index contributed by atoms with van der Waals surface area (Å²) >= 11 is 5.83. The van der Waals surface area contributed by atoms with Crippen molar-refractivity contribution in [2.75, 3.05) is 5.32 Å². The first-order valence-corrected chi connectivity index (χ1v) is 6.04. The molecule has 1 aromatic heterocycles. The zero-order chi connectivity index (χ0) is 14.0. The summed E-state index contributed by atoms with van der Waals surface area (Å²) < 4.78 is 1.59. The van der Waals surface area contributed by atoms with Gasteiger partial charge in [-0.3, -0.25) is 4.57 Å². The number of hydrogen-bond acceptors (Lipinski definition) is 4. The van der Waals surface area contributed by atoms with Crippen LogP contribution in [0.2, 0.25) is 5.02 Å². The van der Waals surface area contributed by atoms with Crippen LogP contribution in [0.15, 0.2) is 30.6 Å². The van der Waals surface area contributed by atoms with Gasteiger partial charge in [0.2, 0.25) is 12.1 Å². The van der Waals surface area contributed by atoms with Gasteiger partial charge in [-0.1, -0.05) is 23.7 Å². The molecule has 6 nitrogen and oxygen atoms in total. The van der Waals surface area contributed by atoms with Crippen LogP contribution in [-0.4, -0.2) is 14.5 Å². The molecule has 1 N–H and O–H groups in total. The lowest BCUT2D eigenvalue weighted by Gasteiger charge is -2.15. The van der Waals surface area contributed by atoms with E-state index >= 15 is 0 Å². The van der Waals surface area contributed by atoms with Gasteiger partial charge in [0.15, 0.2) is 0 Å². The lowest BCUT2D eigenvalue weighted by molar-refractivity contribution is -0.388. The maximum absolute atomic E-state index is 10.9. The van der Waals surface area contributed by atoms with Gasteiger partial charge in [0.1, 0.15) is 0 Å². The van der Waals surface area contributed by atoms with E-state index in [-0.39, 0.29) is 11.9 Å². The minimum absolute atomic E-state index is 0.0913. The normalized spacial score (nSPS) is 12.2. The summed E-state index contributed by atoms with van der Waals surface area (Å²) in [6.07, 6.45) is 1.41. The molecule has 2 aromatic rings. The van der Waals surface area contributed by atoms with E-state index < -0.39 is 4.92 Å². The van der Waals surface area contributed by atoms with Gasteiger partial charge in [0, 0.05) is 12.1 Å². The van der Waals surface area contributed by atoms with Gasteiger partial charge in [-0.2, -0.15) is 0 Å². The Morgan fingerprint density at radius 3 is 2.63 bits per heavy atom. The van der Waals surface area contributed by atoms with Crippen molar-refractivity contribution >= 4 is 23.2 Å². The maximum atomic E-state index is 10.9. The van der Waals surface area contributed by atoms with Crippen LogP contribution in [0.3, 0.4) is 0 Å². The number of aryl methyl sites for hydroxylation is 1. The fraction of sp³-hybridized carbons (Fsp3) is 0.250. The van der Waals surface area contributed by atoms with Crippen LogP contribution in [0.5, 0.6) is 0 Å². The standard InChI is InChI=1S/C12H13ClN4O2/c1-8(9-3-5-10(13)6-4-9)15-12-11(17(18)19)14-7-16(12)2/h3-8,15H,1-2H3. The third-order valence-electron chi connectivity index (χ3n) is 2.81. The molecule has 0 amide bonds. The van der Waals surface area contributed by atoms with Gasteiger partial charge < -0.3 is 15.4 Å². The van der Waals surface area contributed by atoms with Crippen molar-refractivity contribution in [3.05, 3.63) is 51.3 Å². The van der Waals surface area contributed by atoms with E-state index in [1.165, 1.54) is 6.33 Å². The van der Waals surface area contributed by atoms with Gasteiger partial charge in [0.25, 0.3) is 0 Å². The average molecular weight is 281 g/mol. The molecule has 1 unspecified atom stereocenters. The molecular weight excluding hydrogens is 268 g/mol. The molecule has 19 heavy (non-hydrogen) atoms. The first-order valence-electron chi connectivity index (χ1n) is 5.66. The van der Waals surface area contributed by atoms with Crippen molar-refractivity contribution in [3.63, 3.8) is 0 Å². The SMILES string of the molecule is CC(Nc1c([N+](=O)[O-])ncn1C)c1ccc(Cl)cc1. The molecule has 100 valence electrons. The summed E-state index contributed by atoms with van der Waals surface area (Å²) in [5, 5.41) is 14.6. The van der Waals surface area contributed by atoms with E-state index in [0.29, 0.717) is 10.8 Å². The number of hydrogen-bond donors (Lipinski definition) is 1. The molecule has 0 saturated carbocycles. The van der Waals surface area contributed by atoms with Crippen LogP contribution >= 0.6 is 11.6 Å². The van der Waals surface area contributed by atoms with Crippen LogP contribution in [0.4, 0.5) is 11.6 Å². The van der Waals surface area contributed by atoms with E-state index in [2.05, 4.69) is 10.3 Å². The fourth-order valence-electron chi connectivity index (χ4n) is 1.76. The molecule has 1 aromatic carbocycles. The highest BCUT2D eigenvalue weighted by molar-refractivity contribution is 6.30. The van der Waals surface area contributed by atoms with E-state index in [1.807, 2.05) is 19.1 Å². The summed E-state index contributed by atoms with van der Waals surface area (Å²) in [6.45, 7) is 1.92. The van der Waals surface area contributed by atoms with Crippen molar-refractivity contribution in [2.45, 2.75) is 13.0 Å². The zero-order valence-electron chi connectivity index (χ0n) is 10.5. The van der Waals surface area contributed by atoms with Gasteiger partial charge in [-0.05, 0) is 34.5 Å².